The number of hydrogen-bond acceptors (Lipinski definition) is 8. The Balaban J connectivity index is 1.60. The third kappa shape index (κ3) is 5.51. The van der Waals surface area contributed by atoms with Crippen molar-refractivity contribution in [1.82, 2.24) is 15.0 Å². The molecule has 1 atom stereocenters. The van der Waals surface area contributed by atoms with Gasteiger partial charge in [-0.05, 0) is 29.1 Å². The van der Waals surface area contributed by atoms with Crippen molar-refractivity contribution in [2.45, 2.75) is 23.8 Å². The van der Waals surface area contributed by atoms with Crippen LogP contribution in [0, 0.1) is 0 Å². The van der Waals surface area contributed by atoms with E-state index in [0.717, 1.165) is 10.4 Å². The van der Waals surface area contributed by atoms with Crippen LogP contribution in [-0.4, -0.2) is 46.6 Å². The van der Waals surface area contributed by atoms with Gasteiger partial charge < -0.3 is 14.5 Å². The van der Waals surface area contributed by atoms with Crippen molar-refractivity contribution in [2.75, 3.05) is 20.0 Å². The van der Waals surface area contributed by atoms with Crippen molar-refractivity contribution in [3.63, 3.8) is 0 Å². The number of amides is 1. The fourth-order valence-electron chi connectivity index (χ4n) is 3.50. The van der Waals surface area contributed by atoms with Crippen molar-refractivity contribution in [3.8, 4) is 11.5 Å². The topological polar surface area (TPSA) is 96.9 Å². The minimum absolute atomic E-state index is 0.282. The van der Waals surface area contributed by atoms with Crippen LogP contribution in [-0.2, 0) is 11.0 Å². The maximum atomic E-state index is 13.2. The highest BCUT2D eigenvalue weighted by Gasteiger charge is 2.35. The first-order valence-electron chi connectivity index (χ1n) is 10.2. The molecule has 4 rings (SSSR count). The zero-order valence-corrected chi connectivity index (χ0v) is 20.1. The van der Waals surface area contributed by atoms with Crippen molar-refractivity contribution >= 4 is 34.7 Å². The van der Waals surface area contributed by atoms with Gasteiger partial charge in [0.15, 0.2) is 22.3 Å². The number of aromatic amines is 1. The standard InChI is InChI=1S/C22H19F3N4O4S2/c1-32-15-6-5-12(8-16(15)33-2)14-9-13(17-4-3-7-34-17)28-29(14)20(31)11-35-21-26-18(22(23,24)25)10-19(30)27-21/h3-8,10,14H,9,11H2,1-2H3,(H,26,27,30). The van der Waals surface area contributed by atoms with E-state index in [0.29, 0.717) is 41.5 Å². The molecule has 35 heavy (non-hydrogen) atoms. The number of thiophene rings is 1. The van der Waals surface area contributed by atoms with E-state index in [1.807, 2.05) is 17.5 Å². The summed E-state index contributed by atoms with van der Waals surface area (Å²) in [5.41, 5.74) is -0.811. The van der Waals surface area contributed by atoms with Gasteiger partial charge in [0, 0.05) is 12.5 Å². The highest BCUT2D eigenvalue weighted by Crippen LogP contribution is 2.38. The van der Waals surface area contributed by atoms with E-state index in [-0.39, 0.29) is 10.9 Å². The molecule has 2 aromatic heterocycles. The molecule has 1 aliphatic heterocycles. The number of hydrogen-bond donors (Lipinski definition) is 1. The van der Waals surface area contributed by atoms with Gasteiger partial charge in [0.25, 0.3) is 11.5 Å². The van der Waals surface area contributed by atoms with Gasteiger partial charge in [-0.25, -0.2) is 9.99 Å². The highest BCUT2D eigenvalue weighted by molar-refractivity contribution is 7.99. The molecule has 0 fully saturated rings. The summed E-state index contributed by atoms with van der Waals surface area (Å²) < 4.78 is 49.6. The molecule has 0 radical (unpaired) electrons. The van der Waals surface area contributed by atoms with Crippen LogP contribution in [0.3, 0.4) is 0 Å². The third-order valence-electron chi connectivity index (χ3n) is 5.11. The molecule has 13 heteroatoms. The van der Waals surface area contributed by atoms with Gasteiger partial charge >= 0.3 is 6.18 Å². The average molecular weight is 525 g/mol. The molecule has 3 aromatic rings. The SMILES string of the molecule is COc1ccc(C2CC(c3cccs3)=NN2C(=O)CSc2nc(C(F)(F)F)cc(=O)[nH]2)cc1OC. The van der Waals surface area contributed by atoms with Crippen LogP contribution < -0.4 is 15.0 Å². The molecule has 1 aromatic carbocycles. The largest absolute Gasteiger partial charge is 0.493 e. The Labute approximate surface area is 205 Å². The van der Waals surface area contributed by atoms with Crippen molar-refractivity contribution < 1.29 is 27.4 Å². The number of hydrazone groups is 1. The summed E-state index contributed by atoms with van der Waals surface area (Å²) in [6.45, 7) is 0. The zero-order valence-electron chi connectivity index (χ0n) is 18.5. The Kier molecular flexibility index (Phi) is 7.17. The number of halogens is 3. The van der Waals surface area contributed by atoms with Crippen LogP contribution in [0.15, 0.2) is 56.8 Å². The molecule has 184 valence electrons. The number of nitrogens with one attached hydrogen (secondary N) is 1. The van der Waals surface area contributed by atoms with Gasteiger partial charge in [-0.1, -0.05) is 23.9 Å². The smallest absolute Gasteiger partial charge is 0.433 e. The van der Waals surface area contributed by atoms with Crippen molar-refractivity contribution in [3.05, 3.63) is 68.3 Å². The molecule has 1 N–H and O–H groups in total. The Bertz CT molecular complexity index is 1310. The summed E-state index contributed by atoms with van der Waals surface area (Å²) in [6, 6.07) is 8.98. The van der Waals surface area contributed by atoms with Gasteiger partial charge in [-0.3, -0.25) is 9.59 Å². The van der Waals surface area contributed by atoms with Crippen LogP contribution in [0.2, 0.25) is 0 Å². The first-order chi connectivity index (χ1) is 16.7. The second-order valence-corrected chi connectivity index (χ2v) is 9.23. The van der Waals surface area contributed by atoms with Gasteiger partial charge in [0.05, 0.1) is 36.6 Å². The summed E-state index contributed by atoms with van der Waals surface area (Å²) in [5, 5.41) is 7.44. The van der Waals surface area contributed by atoms with E-state index in [9.17, 15) is 22.8 Å². The first-order valence-corrected chi connectivity index (χ1v) is 12.0. The van der Waals surface area contributed by atoms with Gasteiger partial charge in [0.2, 0.25) is 0 Å². The van der Waals surface area contributed by atoms with E-state index in [4.69, 9.17) is 9.47 Å². The number of aromatic nitrogens is 2. The minimum atomic E-state index is -4.78. The second kappa shape index (κ2) is 10.1. The number of ether oxygens (including phenoxy) is 2. The van der Waals surface area contributed by atoms with Crippen LogP contribution in [0.4, 0.5) is 13.2 Å². The summed E-state index contributed by atoms with van der Waals surface area (Å²) >= 11 is 2.19. The monoisotopic (exact) mass is 524 g/mol. The fraction of sp³-hybridized carbons (Fsp3) is 0.273. The van der Waals surface area contributed by atoms with Crippen molar-refractivity contribution in [2.24, 2.45) is 5.10 Å². The van der Waals surface area contributed by atoms with Crippen molar-refractivity contribution in [1.29, 1.82) is 0 Å². The molecule has 3 heterocycles. The number of thioether (sulfide) groups is 1. The minimum Gasteiger partial charge on any atom is -0.493 e. The normalized spacial score (nSPS) is 15.7. The predicted molar refractivity (Wildman–Crippen MR) is 125 cm³/mol. The Morgan fingerprint density at radius 1 is 1.23 bits per heavy atom. The van der Waals surface area contributed by atoms with Crippen LogP contribution in [0.5, 0.6) is 11.5 Å². The number of rotatable bonds is 7. The summed E-state index contributed by atoms with van der Waals surface area (Å²) in [5.74, 6) is 0.278. The Morgan fingerprint density at radius 3 is 2.66 bits per heavy atom. The molecule has 0 bridgehead atoms. The number of H-pyrrole nitrogens is 1. The predicted octanol–water partition coefficient (Wildman–Crippen LogP) is 4.34. The Morgan fingerprint density at radius 2 is 2.00 bits per heavy atom. The van der Waals surface area contributed by atoms with E-state index < -0.39 is 29.4 Å². The molecule has 0 saturated carbocycles. The first kappa shape index (κ1) is 24.8. The lowest BCUT2D eigenvalue weighted by Crippen LogP contribution is -2.29. The molecular formula is C22H19F3N4O4S2. The Hall–Kier alpha value is -3.32. The van der Waals surface area contributed by atoms with Crippen LogP contribution in [0.25, 0.3) is 0 Å². The fourth-order valence-corrected chi connectivity index (χ4v) is 4.95. The van der Waals surface area contributed by atoms with Crippen LogP contribution in [0.1, 0.15) is 28.6 Å². The molecule has 8 nitrogen and oxygen atoms in total. The molecule has 1 amide bonds. The van der Waals surface area contributed by atoms with E-state index in [2.05, 4.69) is 15.1 Å². The number of benzene rings is 1. The third-order valence-corrected chi connectivity index (χ3v) is 6.88. The molecule has 0 aliphatic carbocycles. The number of methoxy groups -OCH3 is 2. The van der Waals surface area contributed by atoms with E-state index >= 15 is 0 Å². The van der Waals surface area contributed by atoms with E-state index in [1.165, 1.54) is 30.6 Å². The average Bonchev–Trinajstić information content (AvgIpc) is 3.51. The van der Waals surface area contributed by atoms with E-state index in [1.54, 1.807) is 18.2 Å². The maximum Gasteiger partial charge on any atom is 0.433 e. The lowest BCUT2D eigenvalue weighted by molar-refractivity contribution is -0.141. The summed E-state index contributed by atoms with van der Waals surface area (Å²) in [6.07, 6.45) is -4.34. The molecular weight excluding hydrogens is 505 g/mol. The number of carbonyl (C=O) groups excluding carboxylic acids is 1. The molecule has 0 spiro atoms. The van der Waals surface area contributed by atoms with Gasteiger partial charge in [-0.15, -0.1) is 11.3 Å². The molecule has 1 unspecified atom stereocenters. The van der Waals surface area contributed by atoms with Crippen LogP contribution >= 0.6 is 23.1 Å². The second-order valence-electron chi connectivity index (χ2n) is 7.32. The van der Waals surface area contributed by atoms with Gasteiger partial charge in [0.1, 0.15) is 0 Å². The lowest BCUT2D eigenvalue weighted by atomic mass is 10.0. The molecule has 0 saturated heterocycles. The zero-order chi connectivity index (χ0) is 25.2. The van der Waals surface area contributed by atoms with Gasteiger partial charge in [-0.2, -0.15) is 18.3 Å². The number of alkyl halides is 3. The molecule has 1 aliphatic rings. The number of nitrogens with zero attached hydrogens (tertiary/aromatic N) is 3. The quantitative estimate of drug-likeness (QED) is 0.365. The number of carbonyl (C=O) groups is 1. The summed E-state index contributed by atoms with van der Waals surface area (Å²) in [7, 11) is 3.02. The summed E-state index contributed by atoms with van der Waals surface area (Å²) in [4.78, 5) is 31.4. The lowest BCUT2D eigenvalue weighted by Gasteiger charge is -2.22. The maximum absolute atomic E-state index is 13.2. The highest BCUT2D eigenvalue weighted by atomic mass is 32.2.